The molecule has 5 heteroatoms. The molecule has 0 aliphatic rings. The van der Waals surface area contributed by atoms with Crippen LogP contribution in [0.15, 0.2) is 53.0 Å². The molecule has 0 fully saturated rings. The van der Waals surface area contributed by atoms with Crippen LogP contribution in [0, 0.1) is 0 Å². The van der Waals surface area contributed by atoms with Crippen molar-refractivity contribution in [3.8, 4) is 0 Å². The van der Waals surface area contributed by atoms with Gasteiger partial charge in [-0.1, -0.05) is 46.3 Å². The second kappa shape index (κ2) is 6.62. The molecule has 0 radical (unpaired) electrons. The van der Waals surface area contributed by atoms with Crippen molar-refractivity contribution < 1.29 is 13.2 Å². The summed E-state index contributed by atoms with van der Waals surface area (Å²) in [5.74, 6) is 0. The Morgan fingerprint density at radius 1 is 1.05 bits per heavy atom. The quantitative estimate of drug-likeness (QED) is 0.814. The van der Waals surface area contributed by atoms with Crippen molar-refractivity contribution >= 4 is 15.9 Å². The third-order valence-corrected chi connectivity index (χ3v) is 4.14. The average Bonchev–Trinajstić information content (AvgIpc) is 2.46. The van der Waals surface area contributed by atoms with Crippen molar-refractivity contribution in [2.75, 3.05) is 7.05 Å². The third-order valence-electron chi connectivity index (χ3n) is 3.37. The maximum Gasteiger partial charge on any atom is 0.416 e. The van der Waals surface area contributed by atoms with E-state index >= 15 is 0 Å². The van der Waals surface area contributed by atoms with E-state index in [1.54, 1.807) is 7.05 Å². The van der Waals surface area contributed by atoms with Crippen LogP contribution in [0.1, 0.15) is 22.7 Å². The zero-order valence-electron chi connectivity index (χ0n) is 11.4. The SMILES string of the molecule is CNC(Cc1ccccc1Br)c1ccc(C(F)(F)F)cc1. The molecule has 2 aromatic carbocycles. The van der Waals surface area contributed by atoms with Gasteiger partial charge in [-0.3, -0.25) is 0 Å². The number of alkyl halides is 3. The molecular weight excluding hydrogens is 343 g/mol. The summed E-state index contributed by atoms with van der Waals surface area (Å²) in [4.78, 5) is 0. The maximum atomic E-state index is 12.6. The molecule has 2 aromatic rings. The molecular formula is C16H15BrF3N. The second-order valence-corrected chi connectivity index (χ2v) is 5.61. The lowest BCUT2D eigenvalue weighted by atomic mass is 9.98. The van der Waals surface area contributed by atoms with Crippen LogP contribution in [0.25, 0.3) is 0 Å². The fraction of sp³-hybridized carbons (Fsp3) is 0.250. The molecule has 1 nitrogen and oxygen atoms in total. The predicted octanol–water partition coefficient (Wildman–Crippen LogP) is 4.97. The first-order valence-electron chi connectivity index (χ1n) is 6.49. The Balaban J connectivity index is 2.20. The molecule has 1 atom stereocenters. The van der Waals surface area contributed by atoms with Crippen molar-refractivity contribution in [3.63, 3.8) is 0 Å². The van der Waals surface area contributed by atoms with Crippen molar-refractivity contribution in [2.24, 2.45) is 0 Å². The highest BCUT2D eigenvalue weighted by Gasteiger charge is 2.30. The Bertz CT molecular complexity index is 593. The van der Waals surface area contributed by atoms with E-state index in [9.17, 15) is 13.2 Å². The molecule has 1 unspecified atom stereocenters. The van der Waals surface area contributed by atoms with Crippen LogP contribution in [0.4, 0.5) is 13.2 Å². The van der Waals surface area contributed by atoms with E-state index in [1.165, 1.54) is 12.1 Å². The van der Waals surface area contributed by atoms with E-state index in [4.69, 9.17) is 0 Å². The first-order valence-corrected chi connectivity index (χ1v) is 7.29. The van der Waals surface area contributed by atoms with E-state index in [2.05, 4.69) is 21.2 Å². The van der Waals surface area contributed by atoms with Gasteiger partial charge in [-0.05, 0) is 42.8 Å². The molecule has 112 valence electrons. The molecule has 0 bridgehead atoms. The first-order chi connectivity index (χ1) is 9.91. The van der Waals surface area contributed by atoms with Crippen LogP contribution in [-0.2, 0) is 12.6 Å². The summed E-state index contributed by atoms with van der Waals surface area (Å²) in [6.07, 6.45) is -3.60. The van der Waals surface area contributed by atoms with Crippen LogP contribution in [0.2, 0.25) is 0 Å². The molecule has 2 rings (SSSR count). The molecule has 0 saturated carbocycles. The molecule has 0 heterocycles. The van der Waals surface area contributed by atoms with Crippen LogP contribution >= 0.6 is 15.9 Å². The number of rotatable bonds is 4. The fourth-order valence-electron chi connectivity index (χ4n) is 2.17. The van der Waals surface area contributed by atoms with Gasteiger partial charge in [0.15, 0.2) is 0 Å². The highest BCUT2D eigenvalue weighted by molar-refractivity contribution is 9.10. The molecule has 1 N–H and O–H groups in total. The summed E-state index contributed by atoms with van der Waals surface area (Å²) < 4.78 is 38.7. The summed E-state index contributed by atoms with van der Waals surface area (Å²) in [7, 11) is 1.80. The highest BCUT2D eigenvalue weighted by atomic mass is 79.9. The third kappa shape index (κ3) is 4.08. The van der Waals surface area contributed by atoms with E-state index in [0.717, 1.165) is 27.7 Å². The monoisotopic (exact) mass is 357 g/mol. The second-order valence-electron chi connectivity index (χ2n) is 4.76. The lowest BCUT2D eigenvalue weighted by molar-refractivity contribution is -0.137. The molecule has 0 amide bonds. The van der Waals surface area contributed by atoms with Gasteiger partial charge in [0.1, 0.15) is 0 Å². The number of nitrogens with one attached hydrogen (secondary N) is 1. The number of halogens is 4. The van der Waals surface area contributed by atoms with Gasteiger partial charge < -0.3 is 5.32 Å². The molecule has 0 aliphatic heterocycles. The van der Waals surface area contributed by atoms with Crippen molar-refractivity contribution in [3.05, 3.63) is 69.7 Å². The van der Waals surface area contributed by atoms with Gasteiger partial charge in [0.2, 0.25) is 0 Å². The molecule has 0 aromatic heterocycles. The number of hydrogen-bond acceptors (Lipinski definition) is 1. The Hall–Kier alpha value is -1.33. The summed E-state index contributed by atoms with van der Waals surface area (Å²) in [6.45, 7) is 0. The Morgan fingerprint density at radius 2 is 1.67 bits per heavy atom. The summed E-state index contributed by atoms with van der Waals surface area (Å²) in [6, 6.07) is 13.1. The van der Waals surface area contributed by atoms with Crippen LogP contribution in [0.5, 0.6) is 0 Å². The Labute approximate surface area is 130 Å². The Kier molecular flexibility index (Phi) is 5.06. The molecule has 0 aliphatic carbocycles. The van der Waals surface area contributed by atoms with Gasteiger partial charge in [0, 0.05) is 10.5 Å². The molecule has 0 saturated heterocycles. The Morgan fingerprint density at radius 3 is 2.19 bits per heavy atom. The minimum atomic E-state index is -4.30. The zero-order valence-corrected chi connectivity index (χ0v) is 13.0. The van der Waals surface area contributed by atoms with Crippen molar-refractivity contribution in [1.82, 2.24) is 5.32 Å². The van der Waals surface area contributed by atoms with Gasteiger partial charge in [-0.25, -0.2) is 0 Å². The number of benzene rings is 2. The lowest BCUT2D eigenvalue weighted by Crippen LogP contribution is -2.19. The van der Waals surface area contributed by atoms with Crippen LogP contribution < -0.4 is 5.32 Å². The topological polar surface area (TPSA) is 12.0 Å². The smallest absolute Gasteiger partial charge is 0.313 e. The van der Waals surface area contributed by atoms with E-state index in [0.29, 0.717) is 6.42 Å². The summed E-state index contributed by atoms with van der Waals surface area (Å²) in [5, 5.41) is 3.15. The standard InChI is InChI=1S/C16H15BrF3N/c1-21-15(10-12-4-2-3-5-14(12)17)11-6-8-13(9-7-11)16(18,19)20/h2-9,15,21H,10H2,1H3. The van der Waals surface area contributed by atoms with Gasteiger partial charge >= 0.3 is 6.18 Å². The van der Waals surface area contributed by atoms with Gasteiger partial charge in [-0.2, -0.15) is 13.2 Å². The number of hydrogen-bond donors (Lipinski definition) is 1. The molecule has 21 heavy (non-hydrogen) atoms. The first kappa shape index (κ1) is 16.0. The van der Waals surface area contributed by atoms with Gasteiger partial charge in [0.25, 0.3) is 0 Å². The van der Waals surface area contributed by atoms with E-state index in [1.807, 2.05) is 24.3 Å². The van der Waals surface area contributed by atoms with E-state index in [-0.39, 0.29) is 6.04 Å². The van der Waals surface area contributed by atoms with Gasteiger partial charge in [0.05, 0.1) is 5.56 Å². The highest BCUT2D eigenvalue weighted by Crippen LogP contribution is 2.30. The molecule has 0 spiro atoms. The summed E-state index contributed by atoms with van der Waals surface area (Å²) in [5.41, 5.74) is 1.32. The van der Waals surface area contributed by atoms with Crippen molar-refractivity contribution in [2.45, 2.75) is 18.6 Å². The van der Waals surface area contributed by atoms with E-state index < -0.39 is 11.7 Å². The zero-order chi connectivity index (χ0) is 15.5. The summed E-state index contributed by atoms with van der Waals surface area (Å²) >= 11 is 3.49. The minimum Gasteiger partial charge on any atom is -0.313 e. The largest absolute Gasteiger partial charge is 0.416 e. The fourth-order valence-corrected chi connectivity index (χ4v) is 2.62. The number of likely N-dealkylation sites (N-methyl/N-ethyl adjacent to an activating group) is 1. The minimum absolute atomic E-state index is 0.0361. The average molecular weight is 358 g/mol. The van der Waals surface area contributed by atoms with Crippen molar-refractivity contribution in [1.29, 1.82) is 0 Å². The lowest BCUT2D eigenvalue weighted by Gasteiger charge is -2.18. The van der Waals surface area contributed by atoms with Crippen LogP contribution in [-0.4, -0.2) is 7.05 Å². The maximum absolute atomic E-state index is 12.6. The predicted molar refractivity (Wildman–Crippen MR) is 81.1 cm³/mol. The van der Waals surface area contributed by atoms with Crippen LogP contribution in [0.3, 0.4) is 0 Å². The normalized spacial score (nSPS) is 13.2. The van der Waals surface area contributed by atoms with Gasteiger partial charge in [-0.15, -0.1) is 0 Å².